The van der Waals surface area contributed by atoms with Crippen molar-refractivity contribution in [3.05, 3.63) is 18.2 Å². The summed E-state index contributed by atoms with van der Waals surface area (Å²) >= 11 is 1.81. The van der Waals surface area contributed by atoms with Crippen LogP contribution in [0, 0.1) is 0 Å². The van der Waals surface area contributed by atoms with Gasteiger partial charge in [0.1, 0.15) is 5.60 Å². The Hall–Kier alpha value is -1.17. The van der Waals surface area contributed by atoms with Crippen LogP contribution in [0.1, 0.15) is 40.3 Å². The molecule has 0 aliphatic heterocycles. The Balaban J connectivity index is 2.58. The molecule has 0 aliphatic carbocycles. The highest BCUT2D eigenvalue weighted by molar-refractivity contribution is 7.99. The van der Waals surface area contributed by atoms with E-state index < -0.39 is 11.7 Å². The number of thioether (sulfide) groups is 1. The van der Waals surface area contributed by atoms with Crippen LogP contribution in [0.25, 0.3) is 0 Å². The second-order valence-corrected chi connectivity index (χ2v) is 7.85. The molecular weight excluding hydrogens is 274 g/mol. The van der Waals surface area contributed by atoms with E-state index in [2.05, 4.69) is 35.0 Å². The average Bonchev–Trinajstić information content (AvgIpc) is 2.71. The average molecular weight is 299 g/mol. The summed E-state index contributed by atoms with van der Waals surface area (Å²) in [4.78, 5) is 15.8. The lowest BCUT2D eigenvalue weighted by Gasteiger charge is -2.24. The van der Waals surface area contributed by atoms with E-state index in [1.54, 1.807) is 24.3 Å². The van der Waals surface area contributed by atoms with E-state index in [-0.39, 0.29) is 4.75 Å². The highest BCUT2D eigenvalue weighted by Gasteiger charge is 2.19. The molecule has 0 unspecified atom stereocenters. The first-order valence-corrected chi connectivity index (χ1v) is 7.86. The van der Waals surface area contributed by atoms with Crippen LogP contribution in [0.2, 0.25) is 0 Å². The Morgan fingerprint density at radius 1 is 1.40 bits per heavy atom. The van der Waals surface area contributed by atoms with Crippen molar-refractivity contribution in [3.63, 3.8) is 0 Å². The molecule has 0 fully saturated rings. The van der Waals surface area contributed by atoms with E-state index in [1.807, 2.05) is 20.8 Å². The second-order valence-electron chi connectivity index (χ2n) is 6.33. The number of nitrogens with zero attached hydrogens (tertiary/aromatic N) is 2. The molecule has 20 heavy (non-hydrogen) atoms. The molecule has 5 nitrogen and oxygen atoms in total. The van der Waals surface area contributed by atoms with Crippen molar-refractivity contribution in [2.45, 2.75) is 58.1 Å². The first-order chi connectivity index (χ1) is 9.13. The van der Waals surface area contributed by atoms with Crippen LogP contribution in [-0.2, 0) is 17.8 Å². The second kappa shape index (κ2) is 6.52. The molecule has 0 aromatic carbocycles. The monoisotopic (exact) mass is 299 g/mol. The summed E-state index contributed by atoms with van der Waals surface area (Å²) in [6.45, 7) is 11.2. The van der Waals surface area contributed by atoms with E-state index in [4.69, 9.17) is 4.74 Å². The molecule has 0 aliphatic rings. The SMILES string of the molecule is CSC(C)(C)Cn1cncc1CNC(=O)OC(C)(C)C. The van der Waals surface area contributed by atoms with Gasteiger partial charge in [-0.15, -0.1) is 0 Å². The molecule has 6 heteroatoms. The number of alkyl carbamates (subject to hydrolysis) is 1. The lowest BCUT2D eigenvalue weighted by Crippen LogP contribution is -2.33. The van der Waals surface area contributed by atoms with E-state index >= 15 is 0 Å². The standard InChI is InChI=1S/C14H25N3O2S/c1-13(2,3)19-12(18)16-8-11-7-15-10-17(11)9-14(4,5)20-6/h7,10H,8-9H2,1-6H3,(H,16,18). The fraction of sp³-hybridized carbons (Fsp3) is 0.714. The number of amides is 1. The maximum Gasteiger partial charge on any atom is 0.407 e. The molecule has 0 saturated carbocycles. The van der Waals surface area contributed by atoms with E-state index in [0.717, 1.165) is 12.2 Å². The molecule has 114 valence electrons. The first-order valence-electron chi connectivity index (χ1n) is 6.64. The molecule has 1 amide bonds. The van der Waals surface area contributed by atoms with Crippen LogP contribution in [-0.4, -0.2) is 32.2 Å². The van der Waals surface area contributed by atoms with Gasteiger partial charge >= 0.3 is 6.09 Å². The minimum absolute atomic E-state index is 0.126. The Labute approximate surface area is 125 Å². The van der Waals surface area contributed by atoms with Crippen LogP contribution >= 0.6 is 11.8 Å². The minimum Gasteiger partial charge on any atom is -0.444 e. The Bertz CT molecular complexity index is 450. The molecule has 1 aromatic rings. The lowest BCUT2D eigenvalue weighted by atomic mass is 10.2. The van der Waals surface area contributed by atoms with Crippen LogP contribution in [0.15, 0.2) is 12.5 Å². The van der Waals surface area contributed by atoms with Gasteiger partial charge in [-0.3, -0.25) is 0 Å². The van der Waals surface area contributed by atoms with Gasteiger partial charge in [-0.25, -0.2) is 9.78 Å². The smallest absolute Gasteiger partial charge is 0.407 e. The number of carbonyl (C=O) groups is 1. The van der Waals surface area contributed by atoms with Crippen molar-refractivity contribution in [1.29, 1.82) is 0 Å². The van der Waals surface area contributed by atoms with E-state index in [1.165, 1.54) is 0 Å². The maximum absolute atomic E-state index is 11.6. The van der Waals surface area contributed by atoms with Gasteiger partial charge in [0, 0.05) is 17.5 Å². The van der Waals surface area contributed by atoms with Gasteiger partial charge in [0.25, 0.3) is 0 Å². The number of ether oxygens (including phenoxy) is 1. The quantitative estimate of drug-likeness (QED) is 0.908. The number of nitrogens with one attached hydrogen (secondary N) is 1. The fourth-order valence-corrected chi connectivity index (χ4v) is 1.86. The van der Waals surface area contributed by atoms with E-state index in [0.29, 0.717) is 6.54 Å². The molecule has 0 saturated heterocycles. The molecule has 1 heterocycles. The third kappa shape index (κ3) is 5.86. The fourth-order valence-electron chi connectivity index (χ4n) is 1.59. The van der Waals surface area contributed by atoms with Crippen LogP contribution < -0.4 is 5.32 Å². The number of aromatic nitrogens is 2. The van der Waals surface area contributed by atoms with Gasteiger partial charge < -0.3 is 14.6 Å². The van der Waals surface area contributed by atoms with Crippen molar-refractivity contribution in [1.82, 2.24) is 14.9 Å². The van der Waals surface area contributed by atoms with Gasteiger partial charge in [0.2, 0.25) is 0 Å². The summed E-state index contributed by atoms with van der Waals surface area (Å²) < 4.78 is 7.40. The Morgan fingerprint density at radius 2 is 2.05 bits per heavy atom. The molecule has 1 N–H and O–H groups in total. The number of rotatable bonds is 5. The normalized spacial score (nSPS) is 12.3. The predicted molar refractivity (Wildman–Crippen MR) is 82.9 cm³/mol. The molecule has 1 aromatic heterocycles. The zero-order valence-electron chi connectivity index (χ0n) is 13.2. The van der Waals surface area contributed by atoms with Crippen molar-refractivity contribution in [2.75, 3.05) is 6.26 Å². The number of imidazole rings is 1. The van der Waals surface area contributed by atoms with Gasteiger partial charge in [-0.05, 0) is 40.9 Å². The molecule has 0 spiro atoms. The summed E-state index contributed by atoms with van der Waals surface area (Å²) in [5, 5.41) is 2.76. The van der Waals surface area contributed by atoms with E-state index in [9.17, 15) is 4.79 Å². The summed E-state index contributed by atoms with van der Waals surface area (Å²) in [5.41, 5.74) is 0.489. The van der Waals surface area contributed by atoms with Crippen LogP contribution in [0.3, 0.4) is 0 Å². The zero-order valence-corrected chi connectivity index (χ0v) is 14.0. The van der Waals surface area contributed by atoms with Crippen molar-refractivity contribution in [2.24, 2.45) is 0 Å². The van der Waals surface area contributed by atoms with Gasteiger partial charge in [0.15, 0.2) is 0 Å². The molecule has 1 rings (SSSR count). The largest absolute Gasteiger partial charge is 0.444 e. The summed E-state index contributed by atoms with van der Waals surface area (Å²) in [6, 6.07) is 0. The summed E-state index contributed by atoms with van der Waals surface area (Å²) in [6.07, 6.45) is 5.25. The maximum atomic E-state index is 11.6. The lowest BCUT2D eigenvalue weighted by molar-refractivity contribution is 0.0522. The molecule has 0 radical (unpaired) electrons. The van der Waals surface area contributed by atoms with Gasteiger partial charge in [-0.2, -0.15) is 11.8 Å². The Kier molecular flexibility index (Phi) is 5.50. The summed E-state index contributed by atoms with van der Waals surface area (Å²) in [5.74, 6) is 0. The zero-order chi connectivity index (χ0) is 15.4. The van der Waals surface area contributed by atoms with Crippen LogP contribution in [0.4, 0.5) is 4.79 Å². The summed E-state index contributed by atoms with van der Waals surface area (Å²) in [7, 11) is 0. The first kappa shape index (κ1) is 16.9. The van der Waals surface area contributed by atoms with Crippen molar-refractivity contribution >= 4 is 17.9 Å². The third-order valence-electron chi connectivity index (χ3n) is 2.71. The Morgan fingerprint density at radius 3 is 2.60 bits per heavy atom. The molecular formula is C14H25N3O2S. The molecule has 0 atom stereocenters. The number of hydrogen-bond acceptors (Lipinski definition) is 4. The predicted octanol–water partition coefficient (Wildman–Crippen LogP) is 3.05. The van der Waals surface area contributed by atoms with Crippen LogP contribution in [0.5, 0.6) is 0 Å². The minimum atomic E-state index is -0.481. The highest BCUT2D eigenvalue weighted by Crippen LogP contribution is 2.23. The van der Waals surface area contributed by atoms with Crippen molar-refractivity contribution < 1.29 is 9.53 Å². The highest BCUT2D eigenvalue weighted by atomic mass is 32.2. The topological polar surface area (TPSA) is 56.2 Å². The molecule has 0 bridgehead atoms. The third-order valence-corrected chi connectivity index (χ3v) is 3.95. The van der Waals surface area contributed by atoms with Crippen molar-refractivity contribution in [3.8, 4) is 0 Å². The van der Waals surface area contributed by atoms with Gasteiger partial charge in [0.05, 0.1) is 18.6 Å². The number of carbonyl (C=O) groups excluding carboxylic acids is 1. The number of hydrogen-bond donors (Lipinski definition) is 1. The van der Waals surface area contributed by atoms with Gasteiger partial charge in [-0.1, -0.05) is 0 Å².